The van der Waals surface area contributed by atoms with Crippen LogP contribution in [0.1, 0.15) is 0 Å². The molecular formula is C15H15BrF3O3S2+. The summed E-state index contributed by atoms with van der Waals surface area (Å²) in [4.78, 5) is 0.923. The molecule has 132 valence electrons. The zero-order valence-corrected chi connectivity index (χ0v) is 15.5. The van der Waals surface area contributed by atoms with Crippen molar-refractivity contribution < 1.29 is 25.2 Å². The van der Waals surface area contributed by atoms with E-state index in [1.807, 2.05) is 0 Å². The highest BCUT2D eigenvalue weighted by atomic mass is 79.9. The summed E-state index contributed by atoms with van der Waals surface area (Å²) < 4.78 is 65.9. The first-order valence-electron chi connectivity index (χ1n) is 6.76. The monoisotopic (exact) mass is 443 g/mol. The lowest BCUT2D eigenvalue weighted by molar-refractivity contribution is -0.0540. The maximum absolute atomic E-state index is 13.0. The van der Waals surface area contributed by atoms with Crippen LogP contribution in [0.25, 0.3) is 0 Å². The van der Waals surface area contributed by atoms with Crippen molar-refractivity contribution in [2.75, 3.05) is 11.1 Å². The number of hydrogen-bond donors (Lipinski definition) is 0. The third-order valence-electron chi connectivity index (χ3n) is 3.16. The van der Waals surface area contributed by atoms with E-state index in [9.17, 15) is 21.6 Å². The molecule has 2 aromatic rings. The van der Waals surface area contributed by atoms with E-state index in [0.29, 0.717) is 15.1 Å². The van der Waals surface area contributed by atoms with Gasteiger partial charge in [0.05, 0.1) is 15.5 Å². The van der Waals surface area contributed by atoms with Gasteiger partial charge in [0.15, 0.2) is 0 Å². The van der Waals surface area contributed by atoms with Gasteiger partial charge in [0.25, 0.3) is 0 Å². The predicted octanol–water partition coefficient (Wildman–Crippen LogP) is 5.16. The van der Waals surface area contributed by atoms with E-state index in [4.69, 9.17) is 0 Å². The molecule has 0 fully saturated rings. The highest BCUT2D eigenvalue weighted by Crippen LogP contribution is 2.63. The highest BCUT2D eigenvalue weighted by molar-refractivity contribution is 9.09. The van der Waals surface area contributed by atoms with Crippen LogP contribution in [0.3, 0.4) is 0 Å². The van der Waals surface area contributed by atoms with E-state index >= 15 is 0 Å². The van der Waals surface area contributed by atoms with Crippen molar-refractivity contribution in [2.24, 2.45) is 0 Å². The molecule has 0 atom stereocenters. The first kappa shape index (κ1) is 19.3. The molecule has 3 nitrogen and oxygen atoms in total. The maximum Gasteiger partial charge on any atom is 0.572 e. The second-order valence-electron chi connectivity index (χ2n) is 4.72. The van der Waals surface area contributed by atoms with Gasteiger partial charge in [-0.15, -0.1) is 8.42 Å². The lowest BCUT2D eigenvalue weighted by Crippen LogP contribution is -2.31. The molecule has 0 aliphatic rings. The molecule has 24 heavy (non-hydrogen) atoms. The van der Waals surface area contributed by atoms with Gasteiger partial charge in [0.1, 0.15) is 0 Å². The molecule has 0 radical (unpaired) electrons. The number of halogens is 4. The van der Waals surface area contributed by atoms with E-state index in [-0.39, 0.29) is 5.75 Å². The Kier molecular flexibility index (Phi) is 6.00. The van der Waals surface area contributed by atoms with E-state index < -0.39 is 25.9 Å². The molecule has 0 aliphatic carbocycles. The molecule has 1 N–H and O–H groups in total. The fourth-order valence-corrected chi connectivity index (χ4v) is 8.36. The number of rotatable bonds is 6. The van der Waals surface area contributed by atoms with Crippen LogP contribution in [0.15, 0.2) is 70.5 Å². The third-order valence-corrected chi connectivity index (χ3v) is 9.36. The quantitative estimate of drug-likeness (QED) is 0.267. The molecule has 2 aromatic carbocycles. The molecule has 0 spiro atoms. The Balaban J connectivity index is 2.69. The van der Waals surface area contributed by atoms with Crippen molar-refractivity contribution in [3.8, 4) is 0 Å². The van der Waals surface area contributed by atoms with Crippen LogP contribution in [0, 0.1) is 0 Å². The van der Waals surface area contributed by atoms with Crippen LogP contribution in [0.5, 0.6) is 0 Å². The summed E-state index contributed by atoms with van der Waals surface area (Å²) in [6.07, 6.45) is 0. The summed E-state index contributed by atoms with van der Waals surface area (Å²) in [5.41, 5.74) is -5.43. The van der Waals surface area contributed by atoms with Crippen LogP contribution in [0.4, 0.5) is 13.2 Å². The minimum absolute atomic E-state index is 0.135. The largest absolute Gasteiger partial charge is 0.572 e. The zero-order valence-electron chi connectivity index (χ0n) is 12.3. The van der Waals surface area contributed by atoms with Gasteiger partial charge in [-0.3, -0.25) is 3.63 Å². The fourth-order valence-electron chi connectivity index (χ4n) is 2.11. The van der Waals surface area contributed by atoms with Gasteiger partial charge in [0, 0.05) is 15.6 Å². The average molecular weight is 444 g/mol. The molecular weight excluding hydrogens is 429 g/mol. The van der Waals surface area contributed by atoms with Crippen LogP contribution < -0.4 is 0 Å². The Morgan fingerprint density at radius 3 is 1.62 bits per heavy atom. The molecule has 0 heterocycles. The summed E-state index contributed by atoms with van der Waals surface area (Å²) in [6.45, 7) is 0. The van der Waals surface area contributed by atoms with Crippen molar-refractivity contribution in [3.05, 3.63) is 60.7 Å². The summed E-state index contributed by atoms with van der Waals surface area (Å²) >= 11 is 3.22. The fraction of sp³-hybridized carbons (Fsp3) is 0.200. The van der Waals surface area contributed by atoms with Gasteiger partial charge in [0.2, 0.25) is 0 Å². The van der Waals surface area contributed by atoms with E-state index in [1.165, 1.54) is 0 Å². The summed E-state index contributed by atoms with van der Waals surface area (Å²) in [5, 5.41) is 0.309. The van der Waals surface area contributed by atoms with Crippen molar-refractivity contribution in [3.63, 3.8) is 0 Å². The van der Waals surface area contributed by atoms with Crippen molar-refractivity contribution in [1.82, 2.24) is 0 Å². The molecule has 0 amide bonds. The van der Waals surface area contributed by atoms with E-state index in [0.717, 1.165) is 0 Å². The Labute approximate surface area is 148 Å². The first-order chi connectivity index (χ1) is 11.2. The van der Waals surface area contributed by atoms with Crippen LogP contribution >= 0.6 is 26.2 Å². The lowest BCUT2D eigenvalue weighted by Gasteiger charge is -2.34. The van der Waals surface area contributed by atoms with Gasteiger partial charge in [-0.1, -0.05) is 52.3 Å². The summed E-state index contributed by atoms with van der Waals surface area (Å²) in [5.74, 6) is 0.135. The van der Waals surface area contributed by atoms with E-state index in [2.05, 4.69) is 19.6 Å². The standard InChI is InChI=1S/C15H14BrF3O3S2/c16-11-12-23(13-7-3-1-4-8-13,14-9-5-2-6-10-14)22-24(20,21)15(17,18)19/h1-10H,11-12H2/p+1. The minimum atomic E-state index is -5.63. The smallest absolute Gasteiger partial charge is 0.258 e. The Hall–Kier alpha value is -1.03. The van der Waals surface area contributed by atoms with E-state index in [1.54, 1.807) is 60.7 Å². The van der Waals surface area contributed by atoms with Crippen LogP contribution in [0.2, 0.25) is 0 Å². The van der Waals surface area contributed by atoms with Crippen molar-refractivity contribution >= 4 is 36.4 Å². The Bertz CT molecular complexity index is 726. The molecule has 0 saturated heterocycles. The van der Waals surface area contributed by atoms with Crippen LogP contribution in [-0.4, -0.2) is 28.6 Å². The number of benzene rings is 2. The molecule has 2 rings (SSSR count). The summed E-state index contributed by atoms with van der Waals surface area (Å²) in [7, 11) is -8.41. The first-order valence-corrected chi connectivity index (χ1v) is 11.1. The maximum atomic E-state index is 13.0. The molecule has 0 unspecified atom stereocenters. The molecule has 0 aliphatic heterocycles. The van der Waals surface area contributed by atoms with Crippen molar-refractivity contribution in [1.29, 1.82) is 0 Å². The second-order valence-corrected chi connectivity index (χ2v) is 10.3. The normalized spacial score (nSPS) is 13.7. The van der Waals surface area contributed by atoms with Gasteiger partial charge in [-0.05, 0) is 24.3 Å². The predicted molar refractivity (Wildman–Crippen MR) is 93.3 cm³/mol. The number of alkyl halides is 4. The Morgan fingerprint density at radius 1 is 0.875 bits per heavy atom. The minimum Gasteiger partial charge on any atom is -0.258 e. The molecule has 9 heteroatoms. The van der Waals surface area contributed by atoms with Gasteiger partial charge >= 0.3 is 15.6 Å². The second kappa shape index (κ2) is 7.47. The number of hydrogen-bond acceptors (Lipinski definition) is 2. The Morgan fingerprint density at radius 2 is 1.29 bits per heavy atom. The molecule has 0 aromatic heterocycles. The lowest BCUT2D eigenvalue weighted by atomic mass is 10.4. The zero-order chi connectivity index (χ0) is 17.8. The van der Waals surface area contributed by atoms with Gasteiger partial charge in [-0.2, -0.15) is 13.2 Å². The van der Waals surface area contributed by atoms with Crippen LogP contribution in [-0.2, 0) is 10.1 Å². The third kappa shape index (κ3) is 3.96. The van der Waals surface area contributed by atoms with Gasteiger partial charge < -0.3 is 0 Å². The van der Waals surface area contributed by atoms with Crippen molar-refractivity contribution in [2.45, 2.75) is 15.3 Å². The topological polar surface area (TPSA) is 46.9 Å². The highest BCUT2D eigenvalue weighted by Gasteiger charge is 2.57. The average Bonchev–Trinajstić information content (AvgIpc) is 2.55. The molecule has 0 bridgehead atoms. The SMILES string of the molecule is O=S(=O)([OH+]S(CCBr)(c1ccccc1)c1ccccc1)C(F)(F)F. The van der Waals surface area contributed by atoms with Gasteiger partial charge in [-0.25, -0.2) is 0 Å². The summed E-state index contributed by atoms with van der Waals surface area (Å²) in [6, 6.07) is 16.5. The molecule has 0 saturated carbocycles.